The largest absolute Gasteiger partial charge is 0.466 e. The van der Waals surface area contributed by atoms with E-state index in [1.54, 1.807) is 18.2 Å². The number of carbonyl (C=O) groups is 1. The van der Waals surface area contributed by atoms with Gasteiger partial charge in [-0.2, -0.15) is 9.37 Å². The maximum absolute atomic E-state index is 12.8. The number of rotatable bonds is 4. The van der Waals surface area contributed by atoms with Gasteiger partial charge in [-0.1, -0.05) is 40.1 Å². The predicted octanol–water partition coefficient (Wildman–Crippen LogP) is 2.25. The molecule has 0 radical (unpaired) electrons. The topological polar surface area (TPSA) is 82.4 Å². The molecule has 22 heavy (non-hydrogen) atoms. The average molecular weight is 368 g/mol. The summed E-state index contributed by atoms with van der Waals surface area (Å²) >= 11 is 10.1. The first-order chi connectivity index (χ1) is 10.3. The van der Waals surface area contributed by atoms with Crippen molar-refractivity contribution in [2.45, 2.75) is 3.92 Å². The lowest BCUT2D eigenvalue weighted by molar-refractivity contribution is 0.117. The fourth-order valence-corrected chi connectivity index (χ4v) is 1.97. The summed E-state index contributed by atoms with van der Waals surface area (Å²) in [6.07, 6.45) is -1.19. The second-order valence-corrected chi connectivity index (χ2v) is 6.40. The summed E-state index contributed by atoms with van der Waals surface area (Å²) in [4.78, 5) is 32.5. The molecular weight excluding hydrogens is 360 g/mol. The number of hydrogen-bond acceptors (Lipinski definition) is 6. The van der Waals surface area contributed by atoms with Gasteiger partial charge in [0.25, 0.3) is 5.56 Å². The molecule has 1 aromatic heterocycles. The van der Waals surface area contributed by atoms with Crippen LogP contribution in [-0.2, 0) is 0 Å². The predicted molar refractivity (Wildman–Crippen MR) is 80.8 cm³/mol. The van der Waals surface area contributed by atoms with Gasteiger partial charge >= 0.3 is 16.0 Å². The Labute approximate surface area is 137 Å². The van der Waals surface area contributed by atoms with Crippen molar-refractivity contribution in [1.29, 1.82) is 0 Å². The molecule has 0 aliphatic rings. The third kappa shape index (κ3) is 3.93. The Balaban J connectivity index is 2.32. The van der Waals surface area contributed by atoms with Gasteiger partial charge in [0.1, 0.15) is 0 Å². The van der Waals surface area contributed by atoms with Crippen LogP contribution in [0.15, 0.2) is 29.1 Å². The van der Waals surface area contributed by atoms with E-state index >= 15 is 0 Å². The Kier molecular flexibility index (Phi) is 4.99. The molecule has 0 fully saturated rings. The number of halogens is 3. The number of fused-ring (bicyclic) bond motifs is 1. The van der Waals surface area contributed by atoms with Crippen LogP contribution in [0.5, 0.6) is 6.01 Å². The van der Waals surface area contributed by atoms with Gasteiger partial charge in [0, 0.05) is 11.9 Å². The van der Waals surface area contributed by atoms with E-state index in [1.165, 1.54) is 13.2 Å². The van der Waals surface area contributed by atoms with Gasteiger partial charge in [-0.25, -0.2) is 4.79 Å². The van der Waals surface area contributed by atoms with Crippen LogP contribution in [0.2, 0.25) is 0 Å². The lowest BCUT2D eigenvalue weighted by Gasteiger charge is -2.12. The monoisotopic (exact) mass is 367 g/mol. The van der Waals surface area contributed by atoms with Crippen LogP contribution in [-0.4, -0.2) is 26.8 Å². The number of methoxy groups -OCH3 is 1. The third-order valence-corrected chi connectivity index (χ3v) is 3.28. The number of benzene rings is 1. The van der Waals surface area contributed by atoms with E-state index in [-0.39, 0.29) is 23.3 Å². The number of amides is 1. The number of nitrogens with zero attached hydrogens (tertiary/aromatic N) is 2. The molecule has 0 aliphatic heterocycles. The highest BCUT2D eigenvalue weighted by Gasteiger charge is 2.25. The van der Waals surface area contributed by atoms with Gasteiger partial charge in [0.15, 0.2) is 0 Å². The van der Waals surface area contributed by atoms with Gasteiger partial charge in [0.05, 0.1) is 18.0 Å². The first-order valence-electron chi connectivity index (χ1n) is 5.60. The molecule has 0 atom stereocenters. The summed E-state index contributed by atoms with van der Waals surface area (Å²) in [5.74, 6) is 0. The molecule has 118 valence electrons. The van der Waals surface area contributed by atoms with E-state index in [1.807, 2.05) is 4.72 Å². The van der Waals surface area contributed by atoms with Crippen molar-refractivity contribution >= 4 is 52.1 Å². The van der Waals surface area contributed by atoms with Crippen LogP contribution in [0, 0.1) is 0 Å². The van der Waals surface area contributed by atoms with Crippen molar-refractivity contribution in [3.05, 3.63) is 34.6 Å². The lowest BCUT2D eigenvalue weighted by atomic mass is 10.2. The molecule has 0 bridgehead atoms. The van der Waals surface area contributed by atoms with Gasteiger partial charge in [-0.15, -0.1) is 0 Å². The molecule has 1 N–H and O–H groups in total. The van der Waals surface area contributed by atoms with Crippen molar-refractivity contribution < 1.29 is 18.8 Å². The summed E-state index contributed by atoms with van der Waals surface area (Å²) in [7, 11) is 1.24. The van der Waals surface area contributed by atoms with E-state index in [4.69, 9.17) is 32.8 Å². The number of nitrogens with one attached hydrogen (secondary N) is 1. The highest BCUT2D eigenvalue weighted by Crippen LogP contribution is 2.33. The average Bonchev–Trinajstić information content (AvgIpc) is 2.47. The second kappa shape index (κ2) is 6.59. The molecule has 0 aliphatic carbocycles. The van der Waals surface area contributed by atoms with Crippen LogP contribution >= 0.6 is 35.1 Å². The molecule has 2 aromatic rings. The number of carbonyl (C=O) groups excluding carboxylic acids is 1. The quantitative estimate of drug-likeness (QED) is 0.659. The normalized spacial score (nSPS) is 11.3. The Morgan fingerprint density at radius 1 is 1.45 bits per heavy atom. The molecule has 1 amide bonds. The summed E-state index contributed by atoms with van der Waals surface area (Å²) in [5, 5.41) is 0.207. The highest BCUT2D eigenvalue weighted by molar-refractivity contribution is 8.01. The van der Waals surface area contributed by atoms with Gasteiger partial charge < -0.3 is 9.57 Å². The zero-order chi connectivity index (χ0) is 16.3. The SMILES string of the molecule is COc1nc2ccccc2c(=O)n1OC(=O)NSC(F)(Cl)Cl. The van der Waals surface area contributed by atoms with E-state index < -0.39 is 15.6 Å². The summed E-state index contributed by atoms with van der Waals surface area (Å²) in [5.41, 5.74) is -0.311. The Morgan fingerprint density at radius 3 is 2.77 bits per heavy atom. The van der Waals surface area contributed by atoms with Crippen molar-refractivity contribution in [3.63, 3.8) is 0 Å². The van der Waals surface area contributed by atoms with Crippen molar-refractivity contribution in [3.8, 4) is 6.01 Å². The van der Waals surface area contributed by atoms with E-state index in [9.17, 15) is 14.0 Å². The molecule has 11 heteroatoms. The van der Waals surface area contributed by atoms with Crippen LogP contribution in [0.1, 0.15) is 0 Å². The number of ether oxygens (including phenoxy) is 1. The Morgan fingerprint density at radius 2 is 2.14 bits per heavy atom. The van der Waals surface area contributed by atoms with Crippen molar-refractivity contribution in [1.82, 2.24) is 14.4 Å². The molecule has 0 spiro atoms. The zero-order valence-electron chi connectivity index (χ0n) is 10.9. The fourth-order valence-electron chi connectivity index (χ4n) is 1.51. The van der Waals surface area contributed by atoms with E-state index in [0.29, 0.717) is 10.2 Å². The summed E-state index contributed by atoms with van der Waals surface area (Å²) in [6.45, 7) is 0. The van der Waals surface area contributed by atoms with Crippen LogP contribution < -0.4 is 19.9 Å². The lowest BCUT2D eigenvalue weighted by Crippen LogP contribution is -2.36. The van der Waals surface area contributed by atoms with Gasteiger partial charge in [-0.3, -0.25) is 9.52 Å². The molecule has 2 rings (SSSR count). The number of aromatic nitrogens is 2. The number of alkyl halides is 3. The van der Waals surface area contributed by atoms with Gasteiger partial charge in [-0.05, 0) is 12.1 Å². The first kappa shape index (κ1) is 16.7. The maximum Gasteiger partial charge on any atom is 0.442 e. The minimum atomic E-state index is -2.74. The zero-order valence-corrected chi connectivity index (χ0v) is 13.2. The van der Waals surface area contributed by atoms with Crippen molar-refractivity contribution in [2.75, 3.05) is 7.11 Å². The van der Waals surface area contributed by atoms with Crippen molar-refractivity contribution in [2.24, 2.45) is 0 Å². The van der Waals surface area contributed by atoms with Crippen LogP contribution in [0.25, 0.3) is 10.9 Å². The minimum Gasteiger partial charge on any atom is -0.466 e. The molecule has 0 saturated carbocycles. The fraction of sp³-hybridized carbons (Fsp3) is 0.182. The summed E-state index contributed by atoms with van der Waals surface area (Å²) < 4.78 is 17.4. The number of para-hydroxylation sites is 1. The van der Waals surface area contributed by atoms with E-state index in [2.05, 4.69) is 4.98 Å². The smallest absolute Gasteiger partial charge is 0.442 e. The summed E-state index contributed by atoms with van der Waals surface area (Å²) in [6, 6.07) is 6.15. The molecular formula is C11H8Cl2FN3O4S. The van der Waals surface area contributed by atoms with Crippen LogP contribution in [0.3, 0.4) is 0 Å². The molecule has 7 nitrogen and oxygen atoms in total. The highest BCUT2D eigenvalue weighted by atomic mass is 35.5. The third-order valence-electron chi connectivity index (χ3n) is 2.32. The molecule has 0 unspecified atom stereocenters. The molecule has 0 saturated heterocycles. The second-order valence-electron chi connectivity index (χ2n) is 3.74. The molecule has 1 heterocycles. The first-order valence-corrected chi connectivity index (χ1v) is 7.18. The minimum absolute atomic E-state index is 0.0469. The number of hydrogen-bond donors (Lipinski definition) is 1. The Hall–Kier alpha value is -1.71. The van der Waals surface area contributed by atoms with Gasteiger partial charge in [0.2, 0.25) is 0 Å². The van der Waals surface area contributed by atoms with Crippen LogP contribution in [0.4, 0.5) is 9.18 Å². The maximum atomic E-state index is 12.8. The standard InChI is InChI=1S/C11H8Cl2FN3O4S/c1-20-9-15-7-5-3-2-4-6(7)8(18)17(9)21-10(19)16-22-11(12,13)14/h2-5H,1H3,(H,16,19). The Bertz CT molecular complexity index is 765. The molecule has 1 aromatic carbocycles. The van der Waals surface area contributed by atoms with E-state index in [0.717, 1.165) is 0 Å².